The van der Waals surface area contributed by atoms with E-state index in [1.165, 1.54) is 5.56 Å². The molecule has 0 aliphatic heterocycles. The number of hydrogen-bond acceptors (Lipinski definition) is 3. The molecule has 0 radical (unpaired) electrons. The SMILES string of the molecule is COc1cc(C)c(S(=O)(=O)N[C@@H]2CCCc3ccccc32)cc1C(C)C. The molecule has 0 unspecified atom stereocenters. The summed E-state index contributed by atoms with van der Waals surface area (Å²) >= 11 is 0. The summed E-state index contributed by atoms with van der Waals surface area (Å²) in [5.74, 6) is 0.911. The quantitative estimate of drug-likeness (QED) is 0.840. The smallest absolute Gasteiger partial charge is 0.241 e. The Hall–Kier alpha value is -1.85. The number of hydrogen-bond donors (Lipinski definition) is 1. The number of methoxy groups -OCH3 is 1. The number of rotatable bonds is 5. The van der Waals surface area contributed by atoms with E-state index < -0.39 is 10.0 Å². The molecule has 26 heavy (non-hydrogen) atoms. The zero-order chi connectivity index (χ0) is 18.9. The number of sulfonamides is 1. The van der Waals surface area contributed by atoms with E-state index in [0.717, 1.165) is 36.1 Å². The van der Waals surface area contributed by atoms with Gasteiger partial charge < -0.3 is 4.74 Å². The summed E-state index contributed by atoms with van der Waals surface area (Å²) in [5.41, 5.74) is 3.93. The van der Waals surface area contributed by atoms with Crippen molar-refractivity contribution in [3.05, 3.63) is 58.7 Å². The summed E-state index contributed by atoms with van der Waals surface area (Å²) in [6, 6.07) is 11.5. The Morgan fingerprint density at radius 1 is 1.19 bits per heavy atom. The van der Waals surface area contributed by atoms with Gasteiger partial charge in [0, 0.05) is 6.04 Å². The fourth-order valence-corrected chi connectivity index (χ4v) is 5.23. The molecule has 0 amide bonds. The molecule has 0 fully saturated rings. The third-order valence-corrected chi connectivity index (χ3v) is 6.72. The van der Waals surface area contributed by atoms with Crippen LogP contribution in [0.4, 0.5) is 0 Å². The molecule has 0 heterocycles. The molecular formula is C21H27NO3S. The summed E-state index contributed by atoms with van der Waals surface area (Å²) in [4.78, 5) is 0.338. The molecule has 1 aliphatic carbocycles. The lowest BCUT2D eigenvalue weighted by Gasteiger charge is -2.26. The summed E-state index contributed by atoms with van der Waals surface area (Å²) in [7, 11) is -2.00. The molecule has 0 spiro atoms. The molecule has 0 bridgehead atoms. The Morgan fingerprint density at radius 3 is 2.62 bits per heavy atom. The maximum Gasteiger partial charge on any atom is 0.241 e. The Bertz CT molecular complexity index is 903. The van der Waals surface area contributed by atoms with Gasteiger partial charge >= 0.3 is 0 Å². The van der Waals surface area contributed by atoms with Crippen molar-refractivity contribution in [3.63, 3.8) is 0 Å². The first-order valence-electron chi connectivity index (χ1n) is 9.12. The zero-order valence-electron chi connectivity index (χ0n) is 15.9. The van der Waals surface area contributed by atoms with Crippen molar-refractivity contribution in [1.82, 2.24) is 4.72 Å². The molecule has 3 rings (SSSR count). The average Bonchev–Trinajstić information content (AvgIpc) is 2.61. The fraction of sp³-hybridized carbons (Fsp3) is 0.429. The van der Waals surface area contributed by atoms with Gasteiger partial charge in [0.2, 0.25) is 10.0 Å². The minimum atomic E-state index is -3.62. The third kappa shape index (κ3) is 3.64. The molecule has 1 atom stereocenters. The van der Waals surface area contributed by atoms with Gasteiger partial charge in [-0.3, -0.25) is 0 Å². The van der Waals surface area contributed by atoms with Crippen LogP contribution in [0.2, 0.25) is 0 Å². The van der Waals surface area contributed by atoms with Crippen LogP contribution in [0.1, 0.15) is 60.9 Å². The molecule has 2 aromatic rings. The van der Waals surface area contributed by atoms with E-state index in [-0.39, 0.29) is 12.0 Å². The highest BCUT2D eigenvalue weighted by atomic mass is 32.2. The number of fused-ring (bicyclic) bond motifs is 1. The van der Waals surface area contributed by atoms with Gasteiger partial charge in [0.05, 0.1) is 12.0 Å². The van der Waals surface area contributed by atoms with Crippen LogP contribution in [-0.4, -0.2) is 15.5 Å². The molecule has 2 aromatic carbocycles. The Labute approximate surface area is 156 Å². The summed E-state index contributed by atoms with van der Waals surface area (Å²) in [5, 5.41) is 0. The summed E-state index contributed by atoms with van der Waals surface area (Å²) < 4.78 is 34.7. The lowest BCUT2D eigenvalue weighted by Crippen LogP contribution is -2.31. The highest BCUT2D eigenvalue weighted by Gasteiger charge is 2.27. The van der Waals surface area contributed by atoms with Gasteiger partial charge in [-0.15, -0.1) is 0 Å². The minimum absolute atomic E-state index is 0.172. The molecule has 0 saturated carbocycles. The molecule has 0 saturated heterocycles. The maximum absolute atomic E-state index is 13.2. The molecule has 5 heteroatoms. The first kappa shape index (κ1) is 18.9. The van der Waals surface area contributed by atoms with E-state index in [4.69, 9.17) is 4.74 Å². The van der Waals surface area contributed by atoms with Crippen molar-refractivity contribution in [1.29, 1.82) is 0 Å². The fourth-order valence-electron chi connectivity index (χ4n) is 3.72. The molecule has 4 nitrogen and oxygen atoms in total. The Balaban J connectivity index is 1.98. The second kappa shape index (κ2) is 7.41. The van der Waals surface area contributed by atoms with Gasteiger partial charge in [0.1, 0.15) is 5.75 Å². The van der Waals surface area contributed by atoms with Gasteiger partial charge in [0.15, 0.2) is 0 Å². The van der Waals surface area contributed by atoms with Crippen molar-refractivity contribution in [2.75, 3.05) is 7.11 Å². The van der Waals surface area contributed by atoms with Gasteiger partial charge in [-0.1, -0.05) is 38.1 Å². The third-order valence-electron chi connectivity index (χ3n) is 5.11. The lowest BCUT2D eigenvalue weighted by atomic mass is 9.88. The van der Waals surface area contributed by atoms with Crippen molar-refractivity contribution < 1.29 is 13.2 Å². The zero-order valence-corrected chi connectivity index (χ0v) is 16.7. The van der Waals surface area contributed by atoms with Crippen molar-refractivity contribution >= 4 is 10.0 Å². The Kier molecular flexibility index (Phi) is 5.39. The van der Waals surface area contributed by atoms with Gasteiger partial charge in [0.25, 0.3) is 0 Å². The van der Waals surface area contributed by atoms with Crippen LogP contribution in [0, 0.1) is 6.92 Å². The lowest BCUT2D eigenvalue weighted by molar-refractivity contribution is 0.406. The first-order chi connectivity index (χ1) is 12.3. The van der Waals surface area contributed by atoms with Gasteiger partial charge in [-0.05, 0) is 66.5 Å². The normalized spacial score (nSPS) is 17.2. The van der Waals surface area contributed by atoms with Crippen molar-refractivity contribution in [3.8, 4) is 5.75 Å². The van der Waals surface area contributed by atoms with Gasteiger partial charge in [-0.25, -0.2) is 13.1 Å². The van der Waals surface area contributed by atoms with Crippen LogP contribution >= 0.6 is 0 Å². The van der Waals surface area contributed by atoms with Crippen LogP contribution in [0.5, 0.6) is 5.75 Å². The topological polar surface area (TPSA) is 55.4 Å². The molecular weight excluding hydrogens is 346 g/mol. The van der Waals surface area contributed by atoms with Gasteiger partial charge in [-0.2, -0.15) is 0 Å². The summed E-state index contributed by atoms with van der Waals surface area (Å²) in [6.07, 6.45) is 2.82. The summed E-state index contributed by atoms with van der Waals surface area (Å²) in [6.45, 7) is 5.89. The first-order valence-corrected chi connectivity index (χ1v) is 10.6. The predicted octanol–water partition coefficient (Wildman–Crippen LogP) is 4.48. The van der Waals surface area contributed by atoms with Crippen LogP contribution < -0.4 is 9.46 Å². The standard InChI is InChI=1S/C21H27NO3S/c1-14(2)18-13-21(15(3)12-20(18)25-4)26(23,24)22-19-11-7-9-16-8-5-6-10-17(16)19/h5-6,8,10,12-14,19,22H,7,9,11H2,1-4H3/t19-/m1/s1. The molecule has 0 aromatic heterocycles. The van der Waals surface area contributed by atoms with E-state index in [1.54, 1.807) is 13.2 Å². The second-order valence-corrected chi connectivity index (χ2v) is 8.96. The molecule has 140 valence electrons. The van der Waals surface area contributed by atoms with E-state index in [2.05, 4.69) is 10.8 Å². The minimum Gasteiger partial charge on any atom is -0.496 e. The van der Waals surface area contributed by atoms with Crippen LogP contribution in [0.25, 0.3) is 0 Å². The highest BCUT2D eigenvalue weighted by molar-refractivity contribution is 7.89. The van der Waals surface area contributed by atoms with Crippen molar-refractivity contribution in [2.24, 2.45) is 0 Å². The van der Waals surface area contributed by atoms with Crippen LogP contribution in [-0.2, 0) is 16.4 Å². The van der Waals surface area contributed by atoms with Crippen LogP contribution in [0.15, 0.2) is 41.3 Å². The molecule has 1 aliphatic rings. The monoisotopic (exact) mass is 373 g/mol. The average molecular weight is 374 g/mol. The number of benzene rings is 2. The van der Waals surface area contributed by atoms with E-state index in [9.17, 15) is 8.42 Å². The van der Waals surface area contributed by atoms with Crippen LogP contribution in [0.3, 0.4) is 0 Å². The maximum atomic E-state index is 13.2. The Morgan fingerprint density at radius 2 is 1.92 bits per heavy atom. The van der Waals surface area contributed by atoms with E-state index >= 15 is 0 Å². The second-order valence-electron chi connectivity index (χ2n) is 7.28. The molecule has 1 N–H and O–H groups in total. The van der Waals surface area contributed by atoms with Crippen molar-refractivity contribution in [2.45, 2.75) is 56.9 Å². The largest absolute Gasteiger partial charge is 0.496 e. The predicted molar refractivity (Wildman–Crippen MR) is 104 cm³/mol. The number of ether oxygens (including phenoxy) is 1. The highest BCUT2D eigenvalue weighted by Crippen LogP contribution is 2.34. The number of nitrogens with one attached hydrogen (secondary N) is 1. The van der Waals surface area contributed by atoms with E-state index in [1.807, 2.05) is 45.0 Å². The number of aryl methyl sites for hydroxylation is 2. The van der Waals surface area contributed by atoms with E-state index in [0.29, 0.717) is 10.5 Å².